The van der Waals surface area contributed by atoms with Crippen molar-refractivity contribution in [3.05, 3.63) is 125 Å². The number of halogens is 8. The predicted molar refractivity (Wildman–Crippen MR) is 208 cm³/mol. The van der Waals surface area contributed by atoms with Gasteiger partial charge in [0.25, 0.3) is 12.3 Å². The molecule has 4 N–H and O–H groups in total. The minimum absolute atomic E-state index is 0.0212. The summed E-state index contributed by atoms with van der Waals surface area (Å²) in [5, 5.41) is 6.40. The van der Waals surface area contributed by atoms with Crippen molar-refractivity contribution >= 4 is 66.3 Å². The van der Waals surface area contributed by atoms with Crippen molar-refractivity contribution < 1.29 is 44.7 Å². The zero-order valence-corrected chi connectivity index (χ0v) is 31.8. The van der Waals surface area contributed by atoms with Gasteiger partial charge in [0.05, 0.1) is 37.1 Å². The molecule has 8 nitrogen and oxygen atoms in total. The number of benzene rings is 4. The van der Waals surface area contributed by atoms with E-state index in [0.717, 1.165) is 34.5 Å². The van der Waals surface area contributed by atoms with Crippen LogP contribution in [0.25, 0.3) is 41.6 Å². The molecule has 0 saturated heterocycles. The number of nitrogens with one attached hydrogen (secondary N) is 2. The van der Waals surface area contributed by atoms with Crippen LogP contribution in [0.1, 0.15) is 53.0 Å². The third-order valence-corrected chi connectivity index (χ3v) is 10.5. The third kappa shape index (κ3) is 9.92. The standard InChI is InChI=1S/C26H21F5N4O2S.C14H9F3N2S/c1-13(2)23(36)33-12-14-9-18(21(22(27)28)32-11-14)24(37)34-17-7-8-19-20(10-17)38-25(35-19)15-3-5-16(6-4-15)26(29,30)31;15-14(16,17)9-3-1-8(2-4-9)13-19-11-6-5-10(18)7-12(11)20-13/h3-11,13,22H,12H2,1-2H3,(H,33,36)(H,34,37);1-7H,18H2. The molecule has 0 saturated carbocycles. The Morgan fingerprint density at radius 1 is 0.724 bits per heavy atom. The molecule has 300 valence electrons. The molecule has 0 radical (unpaired) electrons. The van der Waals surface area contributed by atoms with Crippen molar-refractivity contribution in [3.63, 3.8) is 0 Å². The first-order valence-corrected chi connectivity index (χ1v) is 18.8. The topological polar surface area (TPSA) is 123 Å². The highest BCUT2D eigenvalue weighted by Gasteiger charge is 2.31. The maximum Gasteiger partial charge on any atom is 0.416 e. The molecule has 0 bridgehead atoms. The van der Waals surface area contributed by atoms with E-state index in [1.54, 1.807) is 50.2 Å². The number of anilines is 2. The molecule has 18 heteroatoms. The van der Waals surface area contributed by atoms with Crippen LogP contribution >= 0.6 is 22.7 Å². The first kappa shape index (κ1) is 41.6. The predicted octanol–water partition coefficient (Wildman–Crippen LogP) is 11.4. The molecule has 7 aromatic rings. The smallest absolute Gasteiger partial charge is 0.399 e. The van der Waals surface area contributed by atoms with Gasteiger partial charge >= 0.3 is 12.4 Å². The molecule has 2 amide bonds. The molecule has 7 rings (SSSR count). The summed E-state index contributed by atoms with van der Waals surface area (Å²) in [7, 11) is 0. The summed E-state index contributed by atoms with van der Waals surface area (Å²) in [5.74, 6) is -1.31. The van der Waals surface area contributed by atoms with E-state index < -0.39 is 41.5 Å². The Balaban J connectivity index is 0.000000237. The van der Waals surface area contributed by atoms with Crippen LogP contribution in [-0.4, -0.2) is 26.8 Å². The third-order valence-electron chi connectivity index (χ3n) is 8.39. The number of carbonyl (C=O) groups is 2. The van der Waals surface area contributed by atoms with Gasteiger partial charge in [-0.2, -0.15) is 26.3 Å². The zero-order chi connectivity index (χ0) is 41.9. The second-order valence-electron chi connectivity index (χ2n) is 13.0. The van der Waals surface area contributed by atoms with Crippen LogP contribution in [0.3, 0.4) is 0 Å². The van der Waals surface area contributed by atoms with E-state index in [-0.39, 0.29) is 23.9 Å². The summed E-state index contributed by atoms with van der Waals surface area (Å²) in [5.41, 5.74) is 7.09. The maximum absolute atomic E-state index is 13.6. The number of hydrogen-bond donors (Lipinski definition) is 3. The molecule has 4 aromatic carbocycles. The van der Waals surface area contributed by atoms with E-state index >= 15 is 0 Å². The summed E-state index contributed by atoms with van der Waals surface area (Å²) in [6, 6.07) is 21.0. The van der Waals surface area contributed by atoms with E-state index in [1.165, 1.54) is 59.2 Å². The molecular weight excluding hydrogens is 813 g/mol. The second kappa shape index (κ2) is 16.8. The zero-order valence-electron chi connectivity index (χ0n) is 30.2. The molecule has 58 heavy (non-hydrogen) atoms. The number of alkyl halides is 8. The molecule has 0 aliphatic rings. The molecule has 0 fully saturated rings. The lowest BCUT2D eigenvalue weighted by Crippen LogP contribution is -2.27. The Kier molecular flexibility index (Phi) is 12.1. The lowest BCUT2D eigenvalue weighted by atomic mass is 10.1. The number of carbonyl (C=O) groups excluding carboxylic acids is 2. The van der Waals surface area contributed by atoms with Crippen molar-refractivity contribution in [3.8, 4) is 21.1 Å². The molecule has 3 aromatic heterocycles. The van der Waals surface area contributed by atoms with E-state index in [2.05, 4.69) is 25.6 Å². The number of nitrogens with two attached hydrogens (primary N) is 1. The first-order valence-electron chi connectivity index (χ1n) is 17.1. The summed E-state index contributed by atoms with van der Waals surface area (Å²) < 4.78 is 105. The van der Waals surface area contributed by atoms with Crippen LogP contribution in [0.15, 0.2) is 97.2 Å². The van der Waals surface area contributed by atoms with Crippen molar-refractivity contribution in [2.45, 2.75) is 39.2 Å². The molecule has 0 unspecified atom stereocenters. The number of aromatic nitrogens is 3. The number of nitrogens with zero attached hydrogens (tertiary/aromatic N) is 3. The van der Waals surface area contributed by atoms with E-state index in [1.807, 2.05) is 0 Å². The summed E-state index contributed by atoms with van der Waals surface area (Å²) in [6.07, 6.45) is -10.6. The van der Waals surface area contributed by atoms with E-state index in [9.17, 15) is 44.7 Å². The quantitative estimate of drug-likeness (QED) is 0.103. The fourth-order valence-electron chi connectivity index (χ4n) is 5.36. The summed E-state index contributed by atoms with van der Waals surface area (Å²) in [4.78, 5) is 37.3. The number of fused-ring (bicyclic) bond motifs is 2. The normalized spacial score (nSPS) is 11.9. The van der Waals surface area contributed by atoms with Gasteiger partial charge in [-0.3, -0.25) is 14.6 Å². The van der Waals surface area contributed by atoms with Gasteiger partial charge in [0.2, 0.25) is 5.91 Å². The van der Waals surface area contributed by atoms with Crippen LogP contribution in [0.4, 0.5) is 46.5 Å². The number of amides is 2. The summed E-state index contributed by atoms with van der Waals surface area (Å²) >= 11 is 2.61. The van der Waals surface area contributed by atoms with Crippen LogP contribution in [-0.2, 0) is 23.7 Å². The molecule has 0 aliphatic heterocycles. The summed E-state index contributed by atoms with van der Waals surface area (Å²) in [6.45, 7) is 3.44. The van der Waals surface area contributed by atoms with Gasteiger partial charge in [-0.15, -0.1) is 22.7 Å². The molecule has 0 aliphatic carbocycles. The average Bonchev–Trinajstić information content (AvgIpc) is 3.80. The highest BCUT2D eigenvalue weighted by atomic mass is 32.1. The van der Waals surface area contributed by atoms with E-state index in [0.29, 0.717) is 48.3 Å². The van der Waals surface area contributed by atoms with Crippen LogP contribution < -0.4 is 16.4 Å². The largest absolute Gasteiger partial charge is 0.416 e. The van der Waals surface area contributed by atoms with Gasteiger partial charge in [-0.05, 0) is 72.3 Å². The number of thiazole rings is 2. The Labute approximate surface area is 332 Å². The lowest BCUT2D eigenvalue weighted by molar-refractivity contribution is -0.138. The van der Waals surface area contributed by atoms with Gasteiger partial charge in [0, 0.05) is 41.2 Å². The SMILES string of the molecule is CC(C)C(=O)NCc1cnc(C(F)F)c(C(=O)Nc2ccc3nc(-c4ccc(C(F)(F)F)cc4)sc3c2)c1.Nc1ccc2nc(-c3ccc(C(F)(F)F)cc3)sc2c1. The second-order valence-corrected chi connectivity index (χ2v) is 15.1. The number of hydrogen-bond acceptors (Lipinski definition) is 8. The van der Waals surface area contributed by atoms with Gasteiger partial charge in [-0.25, -0.2) is 18.7 Å². The van der Waals surface area contributed by atoms with Crippen molar-refractivity contribution in [1.82, 2.24) is 20.3 Å². The Morgan fingerprint density at radius 3 is 1.74 bits per heavy atom. The number of pyridine rings is 1. The van der Waals surface area contributed by atoms with Crippen molar-refractivity contribution in [2.24, 2.45) is 5.92 Å². The molecule has 0 atom stereocenters. The minimum Gasteiger partial charge on any atom is -0.399 e. The molecule has 3 heterocycles. The van der Waals surface area contributed by atoms with Gasteiger partial charge < -0.3 is 16.4 Å². The van der Waals surface area contributed by atoms with Gasteiger partial charge in [0.15, 0.2) is 0 Å². The molecular formula is C40H30F8N6O2S2. The van der Waals surface area contributed by atoms with Gasteiger partial charge in [0.1, 0.15) is 15.7 Å². The number of nitrogen functional groups attached to an aromatic ring is 1. The monoisotopic (exact) mass is 842 g/mol. The fourth-order valence-corrected chi connectivity index (χ4v) is 7.39. The van der Waals surface area contributed by atoms with Crippen LogP contribution in [0.2, 0.25) is 0 Å². The Morgan fingerprint density at radius 2 is 1.24 bits per heavy atom. The fraction of sp³-hybridized carbons (Fsp3) is 0.175. The average molecular weight is 843 g/mol. The minimum atomic E-state index is -4.44. The van der Waals surface area contributed by atoms with Crippen LogP contribution in [0, 0.1) is 5.92 Å². The van der Waals surface area contributed by atoms with Gasteiger partial charge in [-0.1, -0.05) is 38.1 Å². The maximum atomic E-state index is 13.6. The highest BCUT2D eigenvalue weighted by molar-refractivity contribution is 7.22. The van der Waals surface area contributed by atoms with Crippen molar-refractivity contribution in [2.75, 3.05) is 11.1 Å². The molecule has 0 spiro atoms. The number of rotatable bonds is 8. The van der Waals surface area contributed by atoms with Crippen LogP contribution in [0.5, 0.6) is 0 Å². The first-order chi connectivity index (χ1) is 27.3. The Bertz CT molecular complexity index is 2590. The lowest BCUT2D eigenvalue weighted by Gasteiger charge is -2.12. The Hall–Kier alpha value is -6.01. The van der Waals surface area contributed by atoms with Crippen molar-refractivity contribution in [1.29, 1.82) is 0 Å². The highest BCUT2D eigenvalue weighted by Crippen LogP contribution is 2.36. The van der Waals surface area contributed by atoms with E-state index in [4.69, 9.17) is 5.73 Å².